The van der Waals surface area contributed by atoms with Crippen LogP contribution >= 0.6 is 0 Å². The Hall–Kier alpha value is -2.08. The Morgan fingerprint density at radius 2 is 1.65 bits per heavy atom. The van der Waals surface area contributed by atoms with Crippen molar-refractivity contribution in [2.24, 2.45) is 0 Å². The van der Waals surface area contributed by atoms with E-state index < -0.39 is 5.60 Å². The molecule has 146 valence electrons. The van der Waals surface area contributed by atoms with E-state index in [9.17, 15) is 9.59 Å². The minimum Gasteiger partial charge on any atom is -0.461 e. The zero-order chi connectivity index (χ0) is 19.3. The number of ether oxygens (including phenoxy) is 2. The number of esters is 1. The summed E-state index contributed by atoms with van der Waals surface area (Å²) >= 11 is 0. The van der Waals surface area contributed by atoms with Crippen molar-refractivity contribution in [2.45, 2.75) is 58.7 Å². The molecular weight excluding hydrogens is 332 g/mol. The largest absolute Gasteiger partial charge is 0.461 e. The van der Waals surface area contributed by atoms with Crippen molar-refractivity contribution < 1.29 is 19.1 Å². The molecule has 0 bridgehead atoms. The number of carbonyl (C=O) groups excluding carboxylic acids is 2. The van der Waals surface area contributed by atoms with Crippen molar-refractivity contribution >= 4 is 12.1 Å². The summed E-state index contributed by atoms with van der Waals surface area (Å²) in [5, 5.41) is 5.97. The molecule has 2 N–H and O–H groups in total. The van der Waals surface area contributed by atoms with E-state index in [4.69, 9.17) is 9.47 Å². The zero-order valence-electron chi connectivity index (χ0n) is 16.2. The van der Waals surface area contributed by atoms with Crippen molar-refractivity contribution in [3.63, 3.8) is 0 Å². The number of hydrogen-bond donors (Lipinski definition) is 2. The average Bonchev–Trinajstić information content (AvgIpc) is 2.58. The number of carbonyl (C=O) groups is 2. The fourth-order valence-electron chi connectivity index (χ4n) is 2.18. The Morgan fingerprint density at radius 1 is 0.962 bits per heavy atom. The van der Waals surface area contributed by atoms with Gasteiger partial charge in [0.05, 0.1) is 6.42 Å². The van der Waals surface area contributed by atoms with Crippen molar-refractivity contribution in [3.05, 3.63) is 35.9 Å². The molecule has 0 aliphatic heterocycles. The number of alkyl carbamates (subject to hydrolysis) is 1. The number of amides is 1. The van der Waals surface area contributed by atoms with Crippen LogP contribution in [0.1, 0.15) is 52.0 Å². The molecule has 1 rings (SSSR count). The second kappa shape index (κ2) is 12.3. The number of nitrogens with one attached hydrogen (secondary N) is 2. The third-order valence-electron chi connectivity index (χ3n) is 3.45. The lowest BCUT2D eigenvalue weighted by atomic mass is 10.2. The van der Waals surface area contributed by atoms with Crippen LogP contribution in [0.4, 0.5) is 4.79 Å². The summed E-state index contributed by atoms with van der Waals surface area (Å²) in [5.74, 6) is -0.192. The predicted octanol–water partition coefficient (Wildman–Crippen LogP) is 3.40. The molecule has 0 saturated carbocycles. The van der Waals surface area contributed by atoms with E-state index in [2.05, 4.69) is 10.6 Å². The quantitative estimate of drug-likeness (QED) is 0.465. The fourth-order valence-corrected chi connectivity index (χ4v) is 2.18. The Balaban J connectivity index is 1.90. The standard InChI is InChI=1S/C20H32N2O4/c1-20(2,3)26-19(24)22-14-9-5-8-13-21-15-12-18(23)25-16-17-10-6-4-7-11-17/h4,6-7,10-11,21H,5,8-9,12-16H2,1-3H3,(H,22,24). The lowest BCUT2D eigenvalue weighted by Crippen LogP contribution is -2.33. The maximum Gasteiger partial charge on any atom is 0.407 e. The second-order valence-corrected chi connectivity index (χ2v) is 7.14. The van der Waals surface area contributed by atoms with Gasteiger partial charge in [-0.1, -0.05) is 36.8 Å². The van der Waals surface area contributed by atoms with Crippen LogP contribution < -0.4 is 10.6 Å². The third kappa shape index (κ3) is 12.3. The molecule has 6 heteroatoms. The lowest BCUT2D eigenvalue weighted by Gasteiger charge is -2.19. The number of benzene rings is 1. The minimum absolute atomic E-state index is 0.192. The summed E-state index contributed by atoms with van der Waals surface area (Å²) in [7, 11) is 0. The van der Waals surface area contributed by atoms with E-state index in [0.29, 0.717) is 26.1 Å². The number of unbranched alkanes of at least 4 members (excludes halogenated alkanes) is 2. The first kappa shape index (κ1) is 22.0. The van der Waals surface area contributed by atoms with Gasteiger partial charge in [0.2, 0.25) is 0 Å². The molecule has 1 amide bonds. The molecule has 0 heterocycles. The first-order valence-corrected chi connectivity index (χ1v) is 9.24. The van der Waals surface area contributed by atoms with Crippen LogP contribution in [-0.2, 0) is 20.9 Å². The highest BCUT2D eigenvalue weighted by atomic mass is 16.6. The molecule has 0 aliphatic carbocycles. The summed E-state index contributed by atoms with van der Waals surface area (Å²) in [6.07, 6.45) is 2.90. The lowest BCUT2D eigenvalue weighted by molar-refractivity contribution is -0.144. The number of hydrogen-bond acceptors (Lipinski definition) is 5. The van der Waals surface area contributed by atoms with Gasteiger partial charge < -0.3 is 20.1 Å². The first-order chi connectivity index (χ1) is 12.4. The summed E-state index contributed by atoms with van der Waals surface area (Å²) in [6, 6.07) is 9.65. The van der Waals surface area contributed by atoms with Crippen LogP contribution in [0.25, 0.3) is 0 Å². The highest BCUT2D eigenvalue weighted by molar-refractivity contribution is 5.69. The van der Waals surface area contributed by atoms with Crippen molar-refractivity contribution in [2.75, 3.05) is 19.6 Å². The van der Waals surface area contributed by atoms with E-state index in [1.807, 2.05) is 51.1 Å². The average molecular weight is 364 g/mol. The molecule has 0 atom stereocenters. The molecule has 0 saturated heterocycles. The van der Waals surface area contributed by atoms with E-state index in [1.54, 1.807) is 0 Å². The van der Waals surface area contributed by atoms with Gasteiger partial charge in [0.25, 0.3) is 0 Å². The Morgan fingerprint density at radius 3 is 2.35 bits per heavy atom. The summed E-state index contributed by atoms with van der Waals surface area (Å²) in [4.78, 5) is 23.1. The molecule has 1 aromatic rings. The van der Waals surface area contributed by atoms with E-state index >= 15 is 0 Å². The Bertz CT molecular complexity index is 526. The summed E-state index contributed by atoms with van der Waals surface area (Å²) in [5.41, 5.74) is 0.532. The highest BCUT2D eigenvalue weighted by Crippen LogP contribution is 2.06. The Kier molecular flexibility index (Phi) is 10.4. The molecule has 26 heavy (non-hydrogen) atoms. The fraction of sp³-hybridized carbons (Fsp3) is 0.600. The van der Waals surface area contributed by atoms with E-state index in [0.717, 1.165) is 31.4 Å². The second-order valence-electron chi connectivity index (χ2n) is 7.14. The van der Waals surface area contributed by atoms with Gasteiger partial charge in [0, 0.05) is 13.1 Å². The van der Waals surface area contributed by atoms with Crippen LogP contribution in [0.5, 0.6) is 0 Å². The Labute approximate surface area is 156 Å². The third-order valence-corrected chi connectivity index (χ3v) is 3.45. The normalized spacial score (nSPS) is 11.0. The SMILES string of the molecule is CC(C)(C)OC(=O)NCCCCCNCCC(=O)OCc1ccccc1. The summed E-state index contributed by atoms with van der Waals surface area (Å²) in [6.45, 7) is 7.92. The molecule has 6 nitrogen and oxygen atoms in total. The van der Waals surface area contributed by atoms with Gasteiger partial charge in [-0.2, -0.15) is 0 Å². The van der Waals surface area contributed by atoms with Gasteiger partial charge in [-0.25, -0.2) is 4.79 Å². The molecule has 0 aliphatic rings. The maximum atomic E-state index is 11.6. The predicted molar refractivity (Wildman–Crippen MR) is 102 cm³/mol. The van der Waals surface area contributed by atoms with Crippen LogP contribution in [0.15, 0.2) is 30.3 Å². The summed E-state index contributed by atoms with van der Waals surface area (Å²) < 4.78 is 10.4. The van der Waals surface area contributed by atoms with Gasteiger partial charge in [0.1, 0.15) is 12.2 Å². The molecule has 0 radical (unpaired) electrons. The monoisotopic (exact) mass is 364 g/mol. The van der Waals surface area contributed by atoms with Crippen LogP contribution in [0.2, 0.25) is 0 Å². The molecule has 0 aromatic heterocycles. The maximum absolute atomic E-state index is 11.6. The van der Waals surface area contributed by atoms with Crippen LogP contribution in [0.3, 0.4) is 0 Å². The molecule has 0 unspecified atom stereocenters. The van der Waals surface area contributed by atoms with Gasteiger partial charge in [-0.3, -0.25) is 4.79 Å². The van der Waals surface area contributed by atoms with Crippen molar-refractivity contribution in [1.82, 2.24) is 10.6 Å². The smallest absolute Gasteiger partial charge is 0.407 e. The van der Waals surface area contributed by atoms with Gasteiger partial charge >= 0.3 is 12.1 Å². The number of rotatable bonds is 11. The zero-order valence-corrected chi connectivity index (χ0v) is 16.2. The van der Waals surface area contributed by atoms with Gasteiger partial charge in [0.15, 0.2) is 0 Å². The van der Waals surface area contributed by atoms with E-state index in [-0.39, 0.29) is 12.1 Å². The van der Waals surface area contributed by atoms with Crippen LogP contribution in [-0.4, -0.2) is 37.3 Å². The van der Waals surface area contributed by atoms with Crippen LogP contribution in [0, 0.1) is 0 Å². The van der Waals surface area contributed by atoms with Crippen molar-refractivity contribution in [1.29, 1.82) is 0 Å². The topological polar surface area (TPSA) is 76.7 Å². The van der Waals surface area contributed by atoms with Gasteiger partial charge in [-0.05, 0) is 45.7 Å². The van der Waals surface area contributed by atoms with E-state index in [1.165, 1.54) is 0 Å². The van der Waals surface area contributed by atoms with Gasteiger partial charge in [-0.15, -0.1) is 0 Å². The minimum atomic E-state index is -0.462. The molecule has 1 aromatic carbocycles. The van der Waals surface area contributed by atoms with Crippen molar-refractivity contribution in [3.8, 4) is 0 Å². The molecular formula is C20H32N2O4. The first-order valence-electron chi connectivity index (χ1n) is 9.24. The molecule has 0 spiro atoms. The highest BCUT2D eigenvalue weighted by Gasteiger charge is 2.15. The molecule has 0 fully saturated rings.